The highest BCUT2D eigenvalue weighted by Gasteiger charge is 2.35. The van der Waals surface area contributed by atoms with Gasteiger partial charge in [-0.05, 0) is 55.0 Å². The number of fused-ring (bicyclic) bond motifs is 1. The zero-order chi connectivity index (χ0) is 30.1. The lowest BCUT2D eigenvalue weighted by Crippen LogP contribution is -2.40. The van der Waals surface area contributed by atoms with Crippen LogP contribution < -0.4 is 19.6 Å². The first-order chi connectivity index (χ1) is 20.9. The van der Waals surface area contributed by atoms with E-state index in [9.17, 15) is 9.59 Å². The molecule has 0 bridgehead atoms. The summed E-state index contributed by atoms with van der Waals surface area (Å²) in [6.07, 6.45) is 1.67. The smallest absolute Gasteiger partial charge is 0.338 e. The molecule has 0 radical (unpaired) electrons. The Hall–Kier alpha value is -4.37. The molecule has 0 unspecified atom stereocenters. The summed E-state index contributed by atoms with van der Waals surface area (Å²) in [7, 11) is 1.57. The zero-order valence-corrected chi connectivity index (χ0v) is 25.4. The Kier molecular flexibility index (Phi) is 8.08. The molecule has 0 saturated heterocycles. The average Bonchev–Trinajstić information content (AvgIpc) is 3.62. The van der Waals surface area contributed by atoms with Crippen molar-refractivity contribution in [3.8, 4) is 17.1 Å². The van der Waals surface area contributed by atoms with Crippen LogP contribution in [-0.4, -0.2) is 24.3 Å². The van der Waals surface area contributed by atoms with E-state index < -0.39 is 12.0 Å². The van der Waals surface area contributed by atoms with Gasteiger partial charge >= 0.3 is 5.97 Å². The van der Waals surface area contributed by atoms with Crippen LogP contribution in [0.15, 0.2) is 105 Å². The number of hydrogen-bond donors (Lipinski definition) is 0. The highest BCUT2D eigenvalue weighted by molar-refractivity contribution is 7.07. The van der Waals surface area contributed by atoms with E-state index in [2.05, 4.69) is 0 Å². The number of esters is 1. The second kappa shape index (κ2) is 12.1. The standard InChI is InChI=1S/C33H24Cl2N2O5S/c1-3-41-32(39)28-29(19-8-5-4-6-9-19)36-33-37(30(28)21-10-7-11-22(16-21)40-2)31(38)27(43-33)18-23-13-15-26(42-23)20-12-14-24(34)25(35)17-20/h4-18,30H,3H2,1-2H3/b27-18-/t30-/m0/s1. The van der Waals surface area contributed by atoms with E-state index >= 15 is 0 Å². The fraction of sp³-hybridized carbons (Fsp3) is 0.121. The molecule has 10 heteroatoms. The lowest BCUT2D eigenvalue weighted by molar-refractivity contribution is -0.138. The molecule has 3 aromatic carbocycles. The van der Waals surface area contributed by atoms with E-state index in [1.807, 2.05) is 48.5 Å². The van der Waals surface area contributed by atoms with E-state index in [1.54, 1.807) is 56.5 Å². The highest BCUT2D eigenvalue weighted by atomic mass is 35.5. The van der Waals surface area contributed by atoms with Crippen molar-refractivity contribution in [2.45, 2.75) is 13.0 Å². The third-order valence-electron chi connectivity index (χ3n) is 6.89. The molecule has 5 aromatic rings. The van der Waals surface area contributed by atoms with Crippen LogP contribution >= 0.6 is 34.5 Å². The Bertz CT molecular complexity index is 2060. The van der Waals surface area contributed by atoms with Crippen molar-refractivity contribution < 1.29 is 18.7 Å². The van der Waals surface area contributed by atoms with Gasteiger partial charge in [-0.25, -0.2) is 9.79 Å². The van der Waals surface area contributed by atoms with Gasteiger partial charge in [0, 0.05) is 17.2 Å². The number of carbonyl (C=O) groups is 1. The molecule has 6 rings (SSSR count). The molecular formula is C33H24Cl2N2O5S. The molecule has 7 nitrogen and oxygen atoms in total. The van der Waals surface area contributed by atoms with Gasteiger partial charge in [0.2, 0.25) is 0 Å². The summed E-state index contributed by atoms with van der Waals surface area (Å²) < 4.78 is 19.0. The molecule has 0 spiro atoms. The summed E-state index contributed by atoms with van der Waals surface area (Å²) in [5, 5.41) is 0.857. The van der Waals surface area contributed by atoms with Crippen LogP contribution in [0.2, 0.25) is 10.0 Å². The predicted octanol–water partition coefficient (Wildman–Crippen LogP) is 6.51. The average molecular weight is 632 g/mol. The predicted molar refractivity (Wildman–Crippen MR) is 168 cm³/mol. The van der Waals surface area contributed by atoms with Gasteiger partial charge < -0.3 is 13.9 Å². The molecule has 1 aliphatic rings. The van der Waals surface area contributed by atoms with Crippen LogP contribution in [0.1, 0.15) is 29.9 Å². The highest BCUT2D eigenvalue weighted by Crippen LogP contribution is 2.36. The minimum atomic E-state index is -0.814. The van der Waals surface area contributed by atoms with Crippen molar-refractivity contribution >= 4 is 52.3 Å². The number of hydrogen-bond acceptors (Lipinski definition) is 7. The molecule has 216 valence electrons. The number of nitrogens with zero attached hydrogens (tertiary/aromatic N) is 2. The Morgan fingerprint density at radius 2 is 1.81 bits per heavy atom. The topological polar surface area (TPSA) is 83.0 Å². The van der Waals surface area contributed by atoms with E-state index in [-0.39, 0.29) is 17.7 Å². The molecule has 0 fully saturated rings. The zero-order valence-electron chi connectivity index (χ0n) is 23.0. The molecule has 2 aromatic heterocycles. The molecule has 43 heavy (non-hydrogen) atoms. The third kappa shape index (κ3) is 5.57. The summed E-state index contributed by atoms with van der Waals surface area (Å²) in [5.41, 5.74) is 2.55. The van der Waals surface area contributed by atoms with Crippen LogP contribution in [0.3, 0.4) is 0 Å². The molecule has 1 atom stereocenters. The van der Waals surface area contributed by atoms with Gasteiger partial charge in [-0.3, -0.25) is 9.36 Å². The molecule has 0 saturated carbocycles. The number of rotatable bonds is 7. The molecule has 0 N–H and O–H groups in total. The van der Waals surface area contributed by atoms with Crippen molar-refractivity contribution in [2.75, 3.05) is 13.7 Å². The summed E-state index contributed by atoms with van der Waals surface area (Å²) in [5.74, 6) is 1.08. The monoisotopic (exact) mass is 630 g/mol. The SMILES string of the molecule is CCOC(=O)C1=C(c2ccccc2)N=c2s/c(=C\c3ccc(-c4ccc(Cl)c(Cl)c4)o3)c(=O)n2[C@H]1c1cccc(OC)c1. The summed E-state index contributed by atoms with van der Waals surface area (Å²) in [4.78, 5) is 33.0. The second-order valence-electron chi connectivity index (χ2n) is 9.54. The summed E-state index contributed by atoms with van der Waals surface area (Å²) >= 11 is 13.5. The minimum absolute atomic E-state index is 0.166. The molecule has 0 aliphatic carbocycles. The van der Waals surface area contributed by atoms with E-state index in [4.69, 9.17) is 42.1 Å². The van der Waals surface area contributed by atoms with Crippen molar-refractivity contribution in [3.63, 3.8) is 0 Å². The van der Waals surface area contributed by atoms with Gasteiger partial charge in [-0.2, -0.15) is 0 Å². The third-order valence-corrected chi connectivity index (χ3v) is 8.61. The number of carbonyl (C=O) groups excluding carboxylic acids is 1. The maximum Gasteiger partial charge on any atom is 0.338 e. The fourth-order valence-corrected chi connectivity index (χ4v) is 6.21. The Labute approximate surface area is 260 Å². The number of thiazole rings is 1. The van der Waals surface area contributed by atoms with Crippen molar-refractivity contribution in [1.82, 2.24) is 4.57 Å². The Morgan fingerprint density at radius 1 is 1.00 bits per heavy atom. The van der Waals surface area contributed by atoms with E-state index in [0.717, 1.165) is 11.1 Å². The van der Waals surface area contributed by atoms with Crippen LogP contribution in [0.25, 0.3) is 23.1 Å². The molecule has 1 aliphatic heterocycles. The Balaban J connectivity index is 1.56. The van der Waals surface area contributed by atoms with Crippen molar-refractivity contribution in [1.29, 1.82) is 0 Å². The van der Waals surface area contributed by atoms with Gasteiger partial charge in [0.1, 0.15) is 17.3 Å². The second-order valence-corrected chi connectivity index (χ2v) is 11.4. The van der Waals surface area contributed by atoms with Crippen LogP contribution in [0.5, 0.6) is 5.75 Å². The summed E-state index contributed by atoms with van der Waals surface area (Å²) in [6.45, 7) is 1.91. The van der Waals surface area contributed by atoms with Crippen LogP contribution in [0, 0.1) is 0 Å². The first kappa shape index (κ1) is 28.7. The van der Waals surface area contributed by atoms with Gasteiger partial charge in [0.05, 0.1) is 45.6 Å². The molecule has 3 heterocycles. The molecule has 0 amide bonds. The van der Waals surface area contributed by atoms with E-state index in [0.29, 0.717) is 47.9 Å². The van der Waals surface area contributed by atoms with E-state index in [1.165, 1.54) is 15.9 Å². The van der Waals surface area contributed by atoms with Gasteiger partial charge in [-0.1, -0.05) is 77.0 Å². The van der Waals surface area contributed by atoms with Gasteiger partial charge in [0.15, 0.2) is 4.80 Å². The number of halogens is 2. The summed E-state index contributed by atoms with van der Waals surface area (Å²) in [6, 6.07) is 24.7. The number of furan rings is 1. The quantitative estimate of drug-likeness (QED) is 0.191. The normalized spacial score (nSPS) is 14.8. The van der Waals surface area contributed by atoms with Crippen molar-refractivity contribution in [3.05, 3.63) is 137 Å². The van der Waals surface area contributed by atoms with Crippen LogP contribution in [-0.2, 0) is 9.53 Å². The fourth-order valence-electron chi connectivity index (χ4n) is 4.93. The lowest BCUT2D eigenvalue weighted by atomic mass is 9.93. The first-order valence-corrected chi connectivity index (χ1v) is 14.9. The number of benzene rings is 3. The maximum absolute atomic E-state index is 14.1. The molecular weight excluding hydrogens is 607 g/mol. The van der Waals surface area contributed by atoms with Crippen LogP contribution in [0.4, 0.5) is 0 Å². The maximum atomic E-state index is 14.1. The van der Waals surface area contributed by atoms with Gasteiger partial charge in [0.25, 0.3) is 5.56 Å². The number of ether oxygens (including phenoxy) is 2. The van der Waals surface area contributed by atoms with Gasteiger partial charge in [-0.15, -0.1) is 0 Å². The number of aromatic nitrogens is 1. The largest absolute Gasteiger partial charge is 0.497 e. The van der Waals surface area contributed by atoms with Crippen molar-refractivity contribution in [2.24, 2.45) is 4.99 Å². The lowest BCUT2D eigenvalue weighted by Gasteiger charge is -2.26. The first-order valence-electron chi connectivity index (χ1n) is 13.4. The minimum Gasteiger partial charge on any atom is -0.497 e. The number of methoxy groups -OCH3 is 1. The Morgan fingerprint density at radius 3 is 2.56 bits per heavy atom.